The summed E-state index contributed by atoms with van der Waals surface area (Å²) in [5, 5.41) is 11.1. The summed E-state index contributed by atoms with van der Waals surface area (Å²) in [6.07, 6.45) is 0. The van der Waals surface area contributed by atoms with E-state index in [4.69, 9.17) is 4.74 Å². The van der Waals surface area contributed by atoms with Gasteiger partial charge in [-0.25, -0.2) is 9.37 Å². The van der Waals surface area contributed by atoms with Crippen molar-refractivity contribution in [1.29, 1.82) is 0 Å². The van der Waals surface area contributed by atoms with Gasteiger partial charge in [-0.15, -0.1) is 0 Å². The van der Waals surface area contributed by atoms with Gasteiger partial charge < -0.3 is 14.9 Å². The Balaban J connectivity index is 2.08. The van der Waals surface area contributed by atoms with Crippen LogP contribution >= 0.6 is 0 Å². The molecule has 0 radical (unpaired) electrons. The number of aromatic nitrogens is 2. The van der Waals surface area contributed by atoms with E-state index >= 15 is 0 Å². The SMILES string of the molecule is CCOc1ccc(-c2nc([N+](=O)[O-])[nH]c2-c2ccc(F)cc2)cc1. The fourth-order valence-electron chi connectivity index (χ4n) is 2.36. The van der Waals surface area contributed by atoms with Crippen molar-refractivity contribution >= 4 is 5.95 Å². The number of H-pyrrole nitrogens is 1. The van der Waals surface area contributed by atoms with E-state index in [1.165, 1.54) is 12.1 Å². The number of nitrogens with zero attached hydrogens (tertiary/aromatic N) is 2. The zero-order valence-corrected chi connectivity index (χ0v) is 12.8. The van der Waals surface area contributed by atoms with E-state index in [1.807, 2.05) is 6.92 Å². The van der Waals surface area contributed by atoms with Crippen molar-refractivity contribution in [3.63, 3.8) is 0 Å². The summed E-state index contributed by atoms with van der Waals surface area (Å²) in [5.41, 5.74) is 2.20. The van der Waals surface area contributed by atoms with Crippen molar-refractivity contribution in [3.05, 3.63) is 64.5 Å². The Morgan fingerprint density at radius 3 is 2.33 bits per heavy atom. The average molecular weight is 327 g/mol. The molecule has 3 aromatic rings. The van der Waals surface area contributed by atoms with Crippen LogP contribution in [-0.4, -0.2) is 21.5 Å². The van der Waals surface area contributed by atoms with Gasteiger partial charge in [0.15, 0.2) is 5.69 Å². The summed E-state index contributed by atoms with van der Waals surface area (Å²) in [4.78, 5) is 17.2. The predicted octanol–water partition coefficient (Wildman–Crippen LogP) is 4.19. The Hall–Kier alpha value is -3.22. The molecule has 1 aromatic heterocycles. The van der Waals surface area contributed by atoms with Gasteiger partial charge in [0.2, 0.25) is 0 Å². The lowest BCUT2D eigenvalue weighted by molar-refractivity contribution is -0.393. The van der Waals surface area contributed by atoms with Crippen molar-refractivity contribution < 1.29 is 14.1 Å². The molecule has 0 saturated heterocycles. The summed E-state index contributed by atoms with van der Waals surface area (Å²) in [7, 11) is 0. The van der Waals surface area contributed by atoms with Crippen LogP contribution in [0.25, 0.3) is 22.5 Å². The third kappa shape index (κ3) is 3.10. The van der Waals surface area contributed by atoms with Gasteiger partial charge in [0, 0.05) is 11.1 Å². The van der Waals surface area contributed by atoms with Gasteiger partial charge in [0.05, 0.1) is 6.61 Å². The molecule has 2 aromatic carbocycles. The number of ether oxygens (including phenoxy) is 1. The predicted molar refractivity (Wildman–Crippen MR) is 87.2 cm³/mol. The topological polar surface area (TPSA) is 81.1 Å². The lowest BCUT2D eigenvalue weighted by Crippen LogP contribution is -1.91. The van der Waals surface area contributed by atoms with Crippen LogP contribution < -0.4 is 4.74 Å². The first-order valence-electron chi connectivity index (χ1n) is 7.32. The van der Waals surface area contributed by atoms with Gasteiger partial charge in [-0.05, 0) is 60.4 Å². The van der Waals surface area contributed by atoms with Crippen molar-refractivity contribution in [1.82, 2.24) is 9.97 Å². The molecule has 0 unspecified atom stereocenters. The third-order valence-corrected chi connectivity index (χ3v) is 3.44. The van der Waals surface area contributed by atoms with E-state index in [2.05, 4.69) is 9.97 Å². The second kappa shape index (κ2) is 6.49. The molecule has 0 spiro atoms. The van der Waals surface area contributed by atoms with Crippen molar-refractivity contribution in [2.24, 2.45) is 0 Å². The van der Waals surface area contributed by atoms with E-state index in [9.17, 15) is 14.5 Å². The van der Waals surface area contributed by atoms with Crippen molar-refractivity contribution in [3.8, 4) is 28.3 Å². The first kappa shape index (κ1) is 15.7. The fraction of sp³-hybridized carbons (Fsp3) is 0.118. The monoisotopic (exact) mass is 327 g/mol. The molecule has 7 heteroatoms. The Morgan fingerprint density at radius 2 is 1.75 bits per heavy atom. The normalized spacial score (nSPS) is 10.6. The van der Waals surface area contributed by atoms with Crippen LogP contribution in [0.1, 0.15) is 6.92 Å². The molecule has 0 aliphatic carbocycles. The number of aromatic amines is 1. The van der Waals surface area contributed by atoms with Crippen LogP contribution in [0.5, 0.6) is 5.75 Å². The van der Waals surface area contributed by atoms with E-state index in [-0.39, 0.29) is 11.8 Å². The largest absolute Gasteiger partial charge is 0.494 e. The number of rotatable bonds is 5. The standard InChI is InChI=1S/C17H14FN3O3/c1-2-24-14-9-5-12(6-10-14)16-15(19-17(20-16)21(22)23)11-3-7-13(18)8-4-11/h3-10H,2H2,1H3,(H,19,20). The van der Waals surface area contributed by atoms with E-state index in [0.717, 1.165) is 0 Å². The molecule has 0 fully saturated rings. The zero-order chi connectivity index (χ0) is 17.1. The molecule has 0 amide bonds. The van der Waals surface area contributed by atoms with Crippen LogP contribution in [-0.2, 0) is 0 Å². The fourth-order valence-corrected chi connectivity index (χ4v) is 2.36. The van der Waals surface area contributed by atoms with Gasteiger partial charge in [-0.3, -0.25) is 0 Å². The quantitative estimate of drug-likeness (QED) is 0.563. The zero-order valence-electron chi connectivity index (χ0n) is 12.8. The maximum absolute atomic E-state index is 13.1. The highest BCUT2D eigenvalue weighted by molar-refractivity contribution is 5.79. The Bertz CT molecular complexity index is 858. The molecule has 6 nitrogen and oxygen atoms in total. The highest BCUT2D eigenvalue weighted by Crippen LogP contribution is 2.33. The molecular weight excluding hydrogens is 313 g/mol. The maximum atomic E-state index is 13.1. The van der Waals surface area contributed by atoms with Crippen molar-refractivity contribution in [2.45, 2.75) is 6.92 Å². The minimum Gasteiger partial charge on any atom is -0.494 e. The Labute approximate surface area is 137 Å². The molecule has 0 bridgehead atoms. The number of nitrogens with one attached hydrogen (secondary N) is 1. The molecule has 0 atom stereocenters. The summed E-state index contributed by atoms with van der Waals surface area (Å²) in [6.45, 7) is 2.44. The molecular formula is C17H14FN3O3. The third-order valence-electron chi connectivity index (χ3n) is 3.44. The van der Waals surface area contributed by atoms with Crippen LogP contribution in [0.4, 0.5) is 10.3 Å². The Morgan fingerprint density at radius 1 is 1.12 bits per heavy atom. The van der Waals surface area contributed by atoms with Crippen LogP contribution in [0, 0.1) is 15.9 Å². The van der Waals surface area contributed by atoms with E-state index < -0.39 is 4.92 Å². The smallest absolute Gasteiger partial charge is 0.433 e. The highest BCUT2D eigenvalue weighted by atomic mass is 19.1. The highest BCUT2D eigenvalue weighted by Gasteiger charge is 2.23. The second-order valence-corrected chi connectivity index (χ2v) is 5.01. The first-order valence-corrected chi connectivity index (χ1v) is 7.32. The first-order chi connectivity index (χ1) is 11.6. The van der Waals surface area contributed by atoms with Crippen LogP contribution in [0.2, 0.25) is 0 Å². The number of halogens is 1. The molecule has 122 valence electrons. The molecule has 1 N–H and O–H groups in total. The molecule has 0 aliphatic rings. The Kier molecular flexibility index (Phi) is 4.24. The summed E-state index contributed by atoms with van der Waals surface area (Å²) >= 11 is 0. The van der Waals surface area contributed by atoms with Gasteiger partial charge in [-0.1, -0.05) is 4.98 Å². The summed E-state index contributed by atoms with van der Waals surface area (Å²) < 4.78 is 18.5. The molecule has 0 saturated carbocycles. The van der Waals surface area contributed by atoms with Gasteiger partial charge >= 0.3 is 5.95 Å². The second-order valence-electron chi connectivity index (χ2n) is 5.01. The molecule has 3 rings (SSSR count). The van der Waals surface area contributed by atoms with E-state index in [0.29, 0.717) is 34.9 Å². The maximum Gasteiger partial charge on any atom is 0.433 e. The van der Waals surface area contributed by atoms with Crippen molar-refractivity contribution in [2.75, 3.05) is 6.61 Å². The van der Waals surface area contributed by atoms with Gasteiger partial charge in [0.25, 0.3) is 0 Å². The number of hydrogen-bond acceptors (Lipinski definition) is 4. The number of nitro groups is 1. The lowest BCUT2D eigenvalue weighted by atomic mass is 10.0. The molecule has 0 aliphatic heterocycles. The van der Waals surface area contributed by atoms with Gasteiger partial charge in [-0.2, -0.15) is 0 Å². The van der Waals surface area contributed by atoms with Crippen LogP contribution in [0.15, 0.2) is 48.5 Å². The average Bonchev–Trinajstić information content (AvgIpc) is 3.02. The number of hydrogen-bond donors (Lipinski definition) is 1. The van der Waals surface area contributed by atoms with Gasteiger partial charge in [0.1, 0.15) is 17.3 Å². The molecule has 24 heavy (non-hydrogen) atoms. The van der Waals surface area contributed by atoms with Crippen LogP contribution in [0.3, 0.4) is 0 Å². The molecule has 1 heterocycles. The van der Waals surface area contributed by atoms with E-state index in [1.54, 1.807) is 36.4 Å². The number of imidazole rings is 1. The summed E-state index contributed by atoms with van der Waals surface area (Å²) in [5.74, 6) is -0.0387. The summed E-state index contributed by atoms with van der Waals surface area (Å²) in [6, 6.07) is 12.8. The number of benzene rings is 2. The minimum atomic E-state index is -0.592. The minimum absolute atomic E-state index is 0.363. The lowest BCUT2D eigenvalue weighted by Gasteiger charge is -2.03.